The molecule has 0 atom stereocenters. The molecule has 0 aliphatic heterocycles. The lowest BCUT2D eigenvalue weighted by molar-refractivity contribution is 0.525. The van der Waals surface area contributed by atoms with Gasteiger partial charge in [-0.15, -0.1) is 6.42 Å². The summed E-state index contributed by atoms with van der Waals surface area (Å²) in [4.78, 5) is 3.47. The molecule has 0 saturated heterocycles. The van der Waals surface area contributed by atoms with Crippen molar-refractivity contribution < 1.29 is 0 Å². The van der Waals surface area contributed by atoms with E-state index in [-0.39, 0.29) is 10.8 Å². The Labute approximate surface area is 134 Å². The Bertz CT molecular complexity index is 765. The first kappa shape index (κ1) is 16.4. The van der Waals surface area contributed by atoms with Gasteiger partial charge >= 0.3 is 0 Å². The van der Waals surface area contributed by atoms with Crippen molar-refractivity contribution in [3.8, 4) is 12.3 Å². The summed E-state index contributed by atoms with van der Waals surface area (Å²) in [5.41, 5.74) is 6.03. The van der Waals surface area contributed by atoms with Crippen molar-refractivity contribution in [2.45, 2.75) is 53.9 Å². The van der Waals surface area contributed by atoms with Crippen LogP contribution < -0.4 is 0 Å². The Morgan fingerprint density at radius 3 is 2.27 bits per heavy atom. The van der Waals surface area contributed by atoms with E-state index in [1.54, 1.807) is 0 Å². The first-order chi connectivity index (χ1) is 10.0. The summed E-state index contributed by atoms with van der Waals surface area (Å²) in [7, 11) is 0. The van der Waals surface area contributed by atoms with E-state index in [1.807, 2.05) is 0 Å². The van der Waals surface area contributed by atoms with Crippen molar-refractivity contribution in [2.24, 2.45) is 5.41 Å². The van der Waals surface area contributed by atoms with E-state index >= 15 is 0 Å². The molecule has 0 spiro atoms. The average molecular weight is 293 g/mol. The fourth-order valence-electron chi connectivity index (χ4n) is 2.62. The van der Waals surface area contributed by atoms with Crippen molar-refractivity contribution in [3.05, 3.63) is 40.6 Å². The number of benzene rings is 1. The van der Waals surface area contributed by atoms with Crippen molar-refractivity contribution in [1.82, 2.24) is 4.98 Å². The minimum Gasteiger partial charge on any atom is -0.358 e. The first-order valence-corrected chi connectivity index (χ1v) is 7.85. The standard InChI is InChI=1S/C21H27N/c1-9-15(20(3,4)5)12-17-14(2)22-19-11-10-16(13-18(17)19)21(6,7)8/h1,10-13,22H,2-8H3/b15-12+. The van der Waals surface area contributed by atoms with Crippen LogP contribution in [0.15, 0.2) is 23.8 Å². The number of nitrogens with one attached hydrogen (secondary N) is 1. The molecule has 0 unspecified atom stereocenters. The molecule has 0 aliphatic carbocycles. The molecule has 1 aromatic carbocycles. The van der Waals surface area contributed by atoms with Crippen LogP contribution in [0.1, 0.15) is 58.4 Å². The van der Waals surface area contributed by atoms with Gasteiger partial charge in [-0.25, -0.2) is 0 Å². The number of rotatable bonds is 1. The summed E-state index contributed by atoms with van der Waals surface area (Å²) >= 11 is 0. The number of aromatic amines is 1. The molecule has 0 bridgehead atoms. The Hall–Kier alpha value is -1.94. The maximum absolute atomic E-state index is 5.74. The zero-order valence-corrected chi connectivity index (χ0v) is 14.9. The summed E-state index contributed by atoms with van der Waals surface area (Å²) in [6.45, 7) is 15.3. The van der Waals surface area contributed by atoms with Gasteiger partial charge in [0.15, 0.2) is 0 Å². The van der Waals surface area contributed by atoms with Gasteiger partial charge in [-0.3, -0.25) is 0 Å². The molecule has 0 saturated carbocycles. The van der Waals surface area contributed by atoms with E-state index in [0.717, 1.165) is 11.3 Å². The van der Waals surface area contributed by atoms with Gasteiger partial charge < -0.3 is 4.98 Å². The van der Waals surface area contributed by atoms with Crippen LogP contribution >= 0.6 is 0 Å². The third kappa shape index (κ3) is 3.12. The van der Waals surface area contributed by atoms with Gasteiger partial charge in [0, 0.05) is 27.7 Å². The summed E-state index contributed by atoms with van der Waals surface area (Å²) in [5, 5.41) is 1.25. The molecule has 1 heteroatoms. The Kier molecular flexibility index (Phi) is 4.00. The predicted molar refractivity (Wildman–Crippen MR) is 98.0 cm³/mol. The van der Waals surface area contributed by atoms with E-state index in [4.69, 9.17) is 6.42 Å². The Morgan fingerprint density at radius 1 is 1.14 bits per heavy atom. The van der Waals surface area contributed by atoms with E-state index in [9.17, 15) is 0 Å². The van der Waals surface area contributed by atoms with E-state index in [0.29, 0.717) is 0 Å². The SMILES string of the molecule is C#C/C(=C\c1c(C)[nH]c2ccc(C(C)(C)C)cc12)C(C)(C)C. The van der Waals surface area contributed by atoms with Crippen LogP contribution in [0.2, 0.25) is 0 Å². The molecule has 22 heavy (non-hydrogen) atoms. The lowest BCUT2D eigenvalue weighted by Crippen LogP contribution is -2.10. The second-order valence-corrected chi connectivity index (χ2v) is 8.13. The van der Waals surface area contributed by atoms with Crippen LogP contribution in [0, 0.1) is 24.7 Å². The lowest BCUT2D eigenvalue weighted by atomic mass is 9.84. The van der Waals surface area contributed by atoms with Crippen LogP contribution in [-0.2, 0) is 5.41 Å². The smallest absolute Gasteiger partial charge is 0.0462 e. The number of terminal acetylenes is 1. The largest absolute Gasteiger partial charge is 0.358 e. The van der Waals surface area contributed by atoms with Crippen LogP contribution in [0.25, 0.3) is 17.0 Å². The molecule has 1 N–H and O–H groups in total. The number of aryl methyl sites for hydroxylation is 1. The number of H-pyrrole nitrogens is 1. The van der Waals surface area contributed by atoms with Crippen LogP contribution in [-0.4, -0.2) is 4.98 Å². The molecule has 0 aliphatic rings. The minimum absolute atomic E-state index is 0.0214. The summed E-state index contributed by atoms with van der Waals surface area (Å²) in [5.74, 6) is 2.86. The number of aromatic nitrogens is 1. The Balaban J connectivity index is 2.71. The number of fused-ring (bicyclic) bond motifs is 1. The fourth-order valence-corrected chi connectivity index (χ4v) is 2.62. The molecule has 1 heterocycles. The second-order valence-electron chi connectivity index (χ2n) is 8.13. The molecule has 0 radical (unpaired) electrons. The average Bonchev–Trinajstić information content (AvgIpc) is 2.68. The van der Waals surface area contributed by atoms with Crippen LogP contribution in [0.5, 0.6) is 0 Å². The molecular formula is C21H27N. The van der Waals surface area contributed by atoms with E-state index in [2.05, 4.69) is 83.6 Å². The zero-order chi connectivity index (χ0) is 16.7. The first-order valence-electron chi connectivity index (χ1n) is 7.85. The third-order valence-corrected chi connectivity index (χ3v) is 4.15. The summed E-state index contributed by atoms with van der Waals surface area (Å²) < 4.78 is 0. The highest BCUT2D eigenvalue weighted by Crippen LogP contribution is 2.33. The zero-order valence-electron chi connectivity index (χ0n) is 14.9. The van der Waals surface area contributed by atoms with E-state index < -0.39 is 0 Å². The molecule has 1 nitrogen and oxygen atoms in total. The monoisotopic (exact) mass is 293 g/mol. The Morgan fingerprint density at radius 2 is 1.77 bits per heavy atom. The van der Waals surface area contributed by atoms with Crippen LogP contribution in [0.4, 0.5) is 0 Å². The molecule has 0 amide bonds. The fraction of sp³-hybridized carbons (Fsp3) is 0.429. The lowest BCUT2D eigenvalue weighted by Gasteiger charge is -2.20. The quantitative estimate of drug-likeness (QED) is 0.636. The van der Waals surface area contributed by atoms with Gasteiger partial charge in [0.1, 0.15) is 0 Å². The highest BCUT2D eigenvalue weighted by Gasteiger charge is 2.19. The molecule has 1 aromatic heterocycles. The maximum atomic E-state index is 5.74. The second kappa shape index (κ2) is 5.36. The van der Waals surface area contributed by atoms with Gasteiger partial charge in [0.25, 0.3) is 0 Å². The third-order valence-electron chi connectivity index (χ3n) is 4.15. The van der Waals surface area contributed by atoms with Gasteiger partial charge in [-0.1, -0.05) is 53.5 Å². The van der Waals surface area contributed by atoms with Crippen molar-refractivity contribution in [2.75, 3.05) is 0 Å². The van der Waals surface area contributed by atoms with Crippen molar-refractivity contribution in [3.63, 3.8) is 0 Å². The van der Waals surface area contributed by atoms with Gasteiger partial charge in [-0.2, -0.15) is 0 Å². The molecular weight excluding hydrogens is 266 g/mol. The highest BCUT2D eigenvalue weighted by molar-refractivity contribution is 5.92. The topological polar surface area (TPSA) is 15.8 Å². The van der Waals surface area contributed by atoms with Gasteiger partial charge in [0.2, 0.25) is 0 Å². The number of hydrogen-bond donors (Lipinski definition) is 1. The molecule has 2 rings (SSSR count). The van der Waals surface area contributed by atoms with Crippen molar-refractivity contribution >= 4 is 17.0 Å². The number of allylic oxidation sites excluding steroid dienone is 1. The summed E-state index contributed by atoms with van der Waals surface area (Å²) in [6.07, 6.45) is 7.91. The minimum atomic E-state index is -0.0214. The molecule has 2 aromatic rings. The summed E-state index contributed by atoms with van der Waals surface area (Å²) in [6, 6.07) is 6.67. The van der Waals surface area contributed by atoms with Crippen molar-refractivity contribution in [1.29, 1.82) is 0 Å². The highest BCUT2D eigenvalue weighted by atomic mass is 14.7. The van der Waals surface area contributed by atoms with Gasteiger partial charge in [0.05, 0.1) is 0 Å². The number of hydrogen-bond acceptors (Lipinski definition) is 0. The van der Waals surface area contributed by atoms with Crippen LogP contribution in [0.3, 0.4) is 0 Å². The predicted octanol–water partition coefficient (Wildman–Crippen LogP) is 5.84. The molecule has 116 valence electrons. The molecule has 0 fully saturated rings. The van der Waals surface area contributed by atoms with E-state index in [1.165, 1.54) is 22.0 Å². The normalized spacial score (nSPS) is 13.5. The van der Waals surface area contributed by atoms with Gasteiger partial charge in [-0.05, 0) is 41.5 Å². The maximum Gasteiger partial charge on any atom is 0.0462 e.